The Hall–Kier alpha value is -3.17. The van der Waals surface area contributed by atoms with Crippen LogP contribution in [0, 0.1) is 13.8 Å². The third kappa shape index (κ3) is 6.53. The molecule has 1 saturated heterocycles. The summed E-state index contributed by atoms with van der Waals surface area (Å²) in [6, 6.07) is 8.07. The Morgan fingerprint density at radius 1 is 1.14 bits per heavy atom. The number of guanidine groups is 1. The van der Waals surface area contributed by atoms with Gasteiger partial charge in [0.2, 0.25) is 0 Å². The van der Waals surface area contributed by atoms with Gasteiger partial charge in [0.25, 0.3) is 0 Å². The molecule has 0 spiro atoms. The number of rotatable bonds is 7. The molecule has 1 aromatic carbocycles. The number of anilines is 2. The number of aromatic nitrogens is 1. The van der Waals surface area contributed by atoms with Crippen molar-refractivity contribution in [3.05, 3.63) is 41.0 Å². The van der Waals surface area contributed by atoms with Crippen molar-refractivity contribution in [3.63, 3.8) is 0 Å². The average molecular weight is 493 g/mol. The Morgan fingerprint density at radius 3 is 2.56 bits per heavy atom. The van der Waals surface area contributed by atoms with Gasteiger partial charge in [0.05, 0.1) is 6.54 Å². The SMILES string of the molecule is Cc1cccc(C)c1-c1cc2c(nc1NC(=O)NC(C)C)NC(NCCCN1CCN(C)CC1)=NC2. The molecule has 0 unspecified atom stereocenters. The van der Waals surface area contributed by atoms with Crippen molar-refractivity contribution in [2.45, 2.75) is 46.7 Å². The topological polar surface area (TPSA) is 96.9 Å². The maximum Gasteiger partial charge on any atom is 0.320 e. The number of nitrogens with zero attached hydrogens (tertiary/aromatic N) is 4. The van der Waals surface area contributed by atoms with Crippen molar-refractivity contribution < 1.29 is 4.79 Å². The molecule has 0 atom stereocenters. The van der Waals surface area contributed by atoms with E-state index in [2.05, 4.69) is 70.2 Å². The molecule has 9 nitrogen and oxygen atoms in total. The first kappa shape index (κ1) is 25.9. The van der Waals surface area contributed by atoms with Gasteiger partial charge in [0.15, 0.2) is 5.96 Å². The number of carbonyl (C=O) groups is 1. The van der Waals surface area contributed by atoms with Crippen molar-refractivity contribution in [2.75, 3.05) is 56.9 Å². The predicted molar refractivity (Wildman–Crippen MR) is 148 cm³/mol. The van der Waals surface area contributed by atoms with E-state index < -0.39 is 0 Å². The lowest BCUT2D eigenvalue weighted by Gasteiger charge is -2.32. The summed E-state index contributed by atoms with van der Waals surface area (Å²) in [6.07, 6.45) is 1.05. The number of pyridine rings is 1. The summed E-state index contributed by atoms with van der Waals surface area (Å²) in [5, 5.41) is 12.6. The zero-order chi connectivity index (χ0) is 25.7. The molecule has 2 aliphatic rings. The van der Waals surface area contributed by atoms with E-state index in [1.54, 1.807) is 0 Å². The van der Waals surface area contributed by atoms with E-state index in [4.69, 9.17) is 9.98 Å². The van der Waals surface area contributed by atoms with Crippen molar-refractivity contribution in [1.82, 2.24) is 25.4 Å². The minimum Gasteiger partial charge on any atom is -0.356 e. The van der Waals surface area contributed by atoms with E-state index in [0.29, 0.717) is 12.4 Å². The zero-order valence-electron chi connectivity index (χ0n) is 22.2. The number of hydrogen-bond donors (Lipinski definition) is 4. The second-order valence-corrected chi connectivity index (χ2v) is 10.1. The summed E-state index contributed by atoms with van der Waals surface area (Å²) in [5.41, 5.74) is 5.27. The van der Waals surface area contributed by atoms with Crippen LogP contribution in [0.5, 0.6) is 0 Å². The molecule has 0 bridgehead atoms. The fourth-order valence-corrected chi connectivity index (χ4v) is 4.71. The van der Waals surface area contributed by atoms with Crippen LogP contribution in [0.25, 0.3) is 11.1 Å². The van der Waals surface area contributed by atoms with Gasteiger partial charge in [-0.1, -0.05) is 18.2 Å². The first-order valence-electron chi connectivity index (χ1n) is 12.9. The molecule has 9 heteroatoms. The standard InChI is InChI=1S/C27H40N8O/c1-18(2)30-27(36)33-25-22(23-19(3)8-6-9-20(23)4)16-21-17-29-26(32-24(21)31-25)28-10-7-11-35-14-12-34(5)13-15-35/h6,8-9,16,18H,7,10-15,17H2,1-5H3,(H4,28,29,30,31,32,33,36). The largest absolute Gasteiger partial charge is 0.356 e. The van der Waals surface area contributed by atoms with Crippen LogP contribution in [0.2, 0.25) is 0 Å². The second-order valence-electron chi connectivity index (χ2n) is 10.1. The normalized spacial score (nSPS) is 16.2. The van der Waals surface area contributed by atoms with Gasteiger partial charge in [0, 0.05) is 49.9 Å². The highest BCUT2D eigenvalue weighted by molar-refractivity contribution is 5.98. The van der Waals surface area contributed by atoms with Crippen LogP contribution in [0.1, 0.15) is 37.0 Å². The molecular formula is C27H40N8O. The van der Waals surface area contributed by atoms with E-state index in [1.807, 2.05) is 19.9 Å². The highest BCUT2D eigenvalue weighted by Gasteiger charge is 2.21. The van der Waals surface area contributed by atoms with Crippen LogP contribution in [0.15, 0.2) is 29.3 Å². The molecule has 3 heterocycles. The minimum atomic E-state index is -0.267. The Kier molecular flexibility index (Phi) is 8.43. The monoisotopic (exact) mass is 492 g/mol. The van der Waals surface area contributed by atoms with Gasteiger partial charge in [-0.25, -0.2) is 14.8 Å². The number of aryl methyl sites for hydroxylation is 2. The highest BCUT2D eigenvalue weighted by Crippen LogP contribution is 2.36. The molecule has 0 saturated carbocycles. The lowest BCUT2D eigenvalue weighted by atomic mass is 9.95. The Morgan fingerprint density at radius 2 is 1.86 bits per heavy atom. The highest BCUT2D eigenvalue weighted by atomic mass is 16.2. The number of aliphatic imine (C=N–C) groups is 1. The Labute approximate surface area is 214 Å². The van der Waals surface area contributed by atoms with Gasteiger partial charge in [-0.05, 0) is 70.5 Å². The van der Waals surface area contributed by atoms with Crippen molar-refractivity contribution in [2.24, 2.45) is 4.99 Å². The van der Waals surface area contributed by atoms with Crippen LogP contribution in [0.3, 0.4) is 0 Å². The molecule has 1 fully saturated rings. The quantitative estimate of drug-likeness (QED) is 0.443. The average Bonchev–Trinajstić information content (AvgIpc) is 2.82. The van der Waals surface area contributed by atoms with E-state index >= 15 is 0 Å². The summed E-state index contributed by atoms with van der Waals surface area (Å²) >= 11 is 0. The molecule has 2 amide bonds. The van der Waals surface area contributed by atoms with Crippen molar-refractivity contribution in [1.29, 1.82) is 0 Å². The van der Waals surface area contributed by atoms with Gasteiger partial charge < -0.3 is 25.8 Å². The van der Waals surface area contributed by atoms with Crippen LogP contribution >= 0.6 is 0 Å². The number of benzene rings is 1. The van der Waals surface area contributed by atoms with E-state index in [9.17, 15) is 4.79 Å². The lowest BCUT2D eigenvalue weighted by Crippen LogP contribution is -2.45. The first-order valence-corrected chi connectivity index (χ1v) is 12.9. The van der Waals surface area contributed by atoms with Gasteiger partial charge in [-0.15, -0.1) is 0 Å². The van der Waals surface area contributed by atoms with Crippen LogP contribution in [-0.2, 0) is 6.54 Å². The van der Waals surface area contributed by atoms with Crippen molar-refractivity contribution in [3.8, 4) is 11.1 Å². The molecule has 36 heavy (non-hydrogen) atoms. The van der Waals surface area contributed by atoms with Gasteiger partial charge in [-0.3, -0.25) is 5.32 Å². The molecule has 1 aromatic heterocycles. The predicted octanol–water partition coefficient (Wildman–Crippen LogP) is 3.40. The van der Waals surface area contributed by atoms with E-state index in [1.165, 1.54) is 0 Å². The number of fused-ring (bicyclic) bond motifs is 1. The molecule has 2 aliphatic heterocycles. The summed E-state index contributed by atoms with van der Waals surface area (Å²) in [7, 11) is 2.18. The molecule has 4 N–H and O–H groups in total. The smallest absolute Gasteiger partial charge is 0.320 e. The van der Waals surface area contributed by atoms with Crippen molar-refractivity contribution >= 4 is 23.6 Å². The molecule has 0 aliphatic carbocycles. The summed E-state index contributed by atoms with van der Waals surface area (Å²) in [5.74, 6) is 1.99. The minimum absolute atomic E-state index is 0.0261. The third-order valence-corrected chi connectivity index (χ3v) is 6.69. The molecular weight excluding hydrogens is 452 g/mol. The molecule has 194 valence electrons. The number of piperazine rings is 1. The fraction of sp³-hybridized carbons (Fsp3) is 0.519. The fourth-order valence-electron chi connectivity index (χ4n) is 4.71. The molecule has 0 radical (unpaired) electrons. The Balaban J connectivity index is 1.47. The molecule has 2 aromatic rings. The first-order chi connectivity index (χ1) is 17.3. The van der Waals surface area contributed by atoms with Gasteiger partial charge in [0.1, 0.15) is 11.6 Å². The number of likely N-dealkylation sites (N-methyl/N-ethyl adjacent to an activating group) is 1. The molecule has 4 rings (SSSR count). The lowest BCUT2D eigenvalue weighted by molar-refractivity contribution is 0.153. The van der Waals surface area contributed by atoms with Crippen LogP contribution in [0.4, 0.5) is 16.4 Å². The van der Waals surface area contributed by atoms with Gasteiger partial charge >= 0.3 is 6.03 Å². The number of carbonyl (C=O) groups excluding carboxylic acids is 1. The van der Waals surface area contributed by atoms with Crippen LogP contribution in [-0.4, -0.2) is 79.1 Å². The second kappa shape index (κ2) is 11.7. The Bertz CT molecular complexity index is 1080. The summed E-state index contributed by atoms with van der Waals surface area (Å²) < 4.78 is 0. The number of urea groups is 1. The number of hydrogen-bond acceptors (Lipinski definition) is 7. The van der Waals surface area contributed by atoms with Crippen LogP contribution < -0.4 is 21.3 Å². The number of amides is 2. The number of nitrogens with one attached hydrogen (secondary N) is 4. The van der Waals surface area contributed by atoms with E-state index in [-0.39, 0.29) is 12.1 Å². The van der Waals surface area contributed by atoms with Gasteiger partial charge in [-0.2, -0.15) is 0 Å². The maximum atomic E-state index is 12.6. The summed E-state index contributed by atoms with van der Waals surface area (Å²) in [6.45, 7) is 15.0. The van der Waals surface area contributed by atoms with E-state index in [0.717, 1.165) is 85.3 Å². The zero-order valence-corrected chi connectivity index (χ0v) is 22.2. The maximum absolute atomic E-state index is 12.6. The summed E-state index contributed by atoms with van der Waals surface area (Å²) in [4.78, 5) is 27.1. The third-order valence-electron chi connectivity index (χ3n) is 6.69.